The van der Waals surface area contributed by atoms with Gasteiger partial charge < -0.3 is 9.47 Å². The van der Waals surface area contributed by atoms with Crippen molar-refractivity contribution >= 4 is 35.0 Å². The molecule has 0 bridgehead atoms. The molecule has 0 aliphatic carbocycles. The number of benzene rings is 1. The van der Waals surface area contributed by atoms with Gasteiger partial charge in [-0.2, -0.15) is 0 Å². The second-order valence-electron chi connectivity index (χ2n) is 4.39. The van der Waals surface area contributed by atoms with Crippen molar-refractivity contribution in [1.82, 2.24) is 10.3 Å². The number of aromatic nitrogens is 1. The largest absolute Gasteiger partial charge is 0.497 e. The van der Waals surface area contributed by atoms with Crippen LogP contribution < -0.4 is 14.8 Å². The maximum Gasteiger partial charge on any atom is 0.258 e. The molecule has 0 saturated carbocycles. The van der Waals surface area contributed by atoms with E-state index in [9.17, 15) is 9.59 Å². The Kier molecular flexibility index (Phi) is 5.41. The summed E-state index contributed by atoms with van der Waals surface area (Å²) in [6.07, 6.45) is 0. The summed E-state index contributed by atoms with van der Waals surface area (Å²) in [5.41, 5.74) is 0.332. The molecule has 2 aromatic rings. The first-order valence-corrected chi connectivity index (χ1v) is 7.10. The molecule has 120 valence electrons. The van der Waals surface area contributed by atoms with E-state index in [1.807, 2.05) is 0 Å². The van der Waals surface area contributed by atoms with E-state index in [0.29, 0.717) is 11.5 Å². The fraction of sp³-hybridized carbons (Fsp3) is 0.133. The highest BCUT2D eigenvalue weighted by Crippen LogP contribution is 2.22. The van der Waals surface area contributed by atoms with E-state index in [1.54, 1.807) is 6.07 Å². The molecule has 0 aliphatic heterocycles. The van der Waals surface area contributed by atoms with Gasteiger partial charge in [-0.1, -0.05) is 23.2 Å². The smallest absolute Gasteiger partial charge is 0.258 e. The highest BCUT2D eigenvalue weighted by atomic mass is 35.5. The average Bonchev–Trinajstić information content (AvgIpc) is 2.53. The third kappa shape index (κ3) is 4.34. The molecule has 2 amide bonds. The van der Waals surface area contributed by atoms with Gasteiger partial charge in [0.1, 0.15) is 21.8 Å². The predicted octanol–water partition coefficient (Wildman–Crippen LogP) is 2.98. The summed E-state index contributed by atoms with van der Waals surface area (Å²) < 4.78 is 10.2. The lowest BCUT2D eigenvalue weighted by Crippen LogP contribution is -2.30. The van der Waals surface area contributed by atoms with Crippen molar-refractivity contribution in [2.45, 2.75) is 0 Å². The summed E-state index contributed by atoms with van der Waals surface area (Å²) in [7, 11) is 2.92. The van der Waals surface area contributed by atoms with E-state index in [-0.39, 0.29) is 21.4 Å². The Morgan fingerprint density at radius 1 is 0.870 bits per heavy atom. The molecule has 23 heavy (non-hydrogen) atoms. The van der Waals surface area contributed by atoms with E-state index < -0.39 is 11.8 Å². The second-order valence-corrected chi connectivity index (χ2v) is 5.16. The summed E-state index contributed by atoms with van der Waals surface area (Å²) in [6, 6.07) is 7.20. The van der Waals surface area contributed by atoms with Crippen molar-refractivity contribution in [2.24, 2.45) is 0 Å². The maximum atomic E-state index is 12.2. The first-order chi connectivity index (χ1) is 10.9. The van der Waals surface area contributed by atoms with Gasteiger partial charge in [-0.05, 0) is 24.3 Å². The fourth-order valence-corrected chi connectivity index (χ4v) is 2.24. The summed E-state index contributed by atoms with van der Waals surface area (Å²) in [5.74, 6) is -0.409. The van der Waals surface area contributed by atoms with Crippen LogP contribution in [0.15, 0.2) is 30.3 Å². The Balaban J connectivity index is 2.22. The van der Waals surface area contributed by atoms with Crippen molar-refractivity contribution < 1.29 is 19.1 Å². The molecule has 1 N–H and O–H groups in total. The zero-order valence-corrected chi connectivity index (χ0v) is 13.7. The van der Waals surface area contributed by atoms with Crippen LogP contribution in [-0.4, -0.2) is 31.0 Å². The Hall–Kier alpha value is -2.31. The Labute approximate surface area is 142 Å². The van der Waals surface area contributed by atoms with E-state index in [2.05, 4.69) is 10.3 Å². The number of nitrogens with one attached hydrogen (secondary N) is 1. The van der Waals surface area contributed by atoms with Gasteiger partial charge in [0.25, 0.3) is 11.8 Å². The molecule has 1 heterocycles. The number of rotatable bonds is 4. The number of hydrogen-bond donors (Lipinski definition) is 1. The molecule has 6 nitrogen and oxygen atoms in total. The van der Waals surface area contributed by atoms with Crippen LogP contribution in [-0.2, 0) is 0 Å². The lowest BCUT2D eigenvalue weighted by molar-refractivity contribution is 0.0848. The van der Waals surface area contributed by atoms with Crippen LogP contribution in [0.2, 0.25) is 10.3 Å². The zero-order chi connectivity index (χ0) is 17.0. The van der Waals surface area contributed by atoms with Gasteiger partial charge in [0.05, 0.1) is 14.2 Å². The lowest BCUT2D eigenvalue weighted by Gasteiger charge is -2.09. The second kappa shape index (κ2) is 7.30. The molecule has 0 atom stereocenters. The van der Waals surface area contributed by atoms with E-state index in [0.717, 1.165) is 0 Å². The first kappa shape index (κ1) is 17.1. The van der Waals surface area contributed by atoms with Crippen LogP contribution in [0.4, 0.5) is 0 Å². The molecule has 0 radical (unpaired) electrons. The van der Waals surface area contributed by atoms with Gasteiger partial charge in [0, 0.05) is 17.2 Å². The van der Waals surface area contributed by atoms with Gasteiger partial charge in [-0.3, -0.25) is 14.9 Å². The van der Waals surface area contributed by atoms with E-state index >= 15 is 0 Å². The van der Waals surface area contributed by atoms with Gasteiger partial charge in [0.15, 0.2) is 0 Å². The normalized spacial score (nSPS) is 10.1. The third-order valence-electron chi connectivity index (χ3n) is 2.87. The van der Waals surface area contributed by atoms with Crippen molar-refractivity contribution in [2.75, 3.05) is 14.2 Å². The molecule has 2 rings (SSSR count). The molecule has 0 spiro atoms. The highest BCUT2D eigenvalue weighted by Gasteiger charge is 2.15. The number of pyridine rings is 1. The minimum atomic E-state index is -0.650. The monoisotopic (exact) mass is 354 g/mol. The molecule has 0 fully saturated rings. The molecule has 1 aromatic heterocycles. The van der Waals surface area contributed by atoms with Crippen LogP contribution in [0.25, 0.3) is 0 Å². The number of nitrogens with zero attached hydrogens (tertiary/aromatic N) is 1. The molecule has 0 aliphatic rings. The number of halogens is 2. The number of ether oxygens (including phenoxy) is 2. The summed E-state index contributed by atoms with van der Waals surface area (Å²) in [5, 5.41) is 2.34. The number of carbonyl (C=O) groups excluding carboxylic acids is 2. The third-order valence-corrected chi connectivity index (χ3v) is 3.25. The number of carbonyl (C=O) groups is 2. The van der Waals surface area contributed by atoms with Crippen molar-refractivity contribution in [3.63, 3.8) is 0 Å². The SMILES string of the molecule is COc1cc(OC)cc(C(=O)NC(=O)c2cc(Cl)nc(Cl)c2)c1. The summed E-state index contributed by atoms with van der Waals surface area (Å²) >= 11 is 11.5. The Bertz CT molecular complexity index is 723. The number of amides is 2. The van der Waals surface area contributed by atoms with Crippen LogP contribution in [0.3, 0.4) is 0 Å². The average molecular weight is 355 g/mol. The number of imide groups is 1. The molecule has 0 unspecified atom stereocenters. The minimum absolute atomic E-state index is 0.0538. The summed E-state index contributed by atoms with van der Waals surface area (Å²) in [4.78, 5) is 28.0. The van der Waals surface area contributed by atoms with Gasteiger partial charge in [-0.25, -0.2) is 4.98 Å². The maximum absolute atomic E-state index is 12.2. The van der Waals surface area contributed by atoms with Crippen molar-refractivity contribution in [3.05, 3.63) is 51.8 Å². The summed E-state index contributed by atoms with van der Waals surface area (Å²) in [6.45, 7) is 0. The zero-order valence-electron chi connectivity index (χ0n) is 12.2. The van der Waals surface area contributed by atoms with E-state index in [4.69, 9.17) is 32.7 Å². The van der Waals surface area contributed by atoms with Crippen molar-refractivity contribution in [1.29, 1.82) is 0 Å². The molecule has 1 aromatic carbocycles. The quantitative estimate of drug-likeness (QED) is 0.674. The molecular weight excluding hydrogens is 343 g/mol. The van der Waals surface area contributed by atoms with Crippen LogP contribution in [0.5, 0.6) is 11.5 Å². The minimum Gasteiger partial charge on any atom is -0.497 e. The standard InChI is InChI=1S/C15H12Cl2N2O4/c1-22-10-3-8(4-11(7-10)23-2)14(20)19-15(21)9-5-12(16)18-13(17)6-9/h3-7H,1-2H3,(H,19,20,21). The Morgan fingerprint density at radius 3 is 1.74 bits per heavy atom. The lowest BCUT2D eigenvalue weighted by atomic mass is 10.1. The first-order valence-electron chi connectivity index (χ1n) is 6.34. The molecular formula is C15H12Cl2N2O4. The fourth-order valence-electron chi connectivity index (χ4n) is 1.78. The van der Waals surface area contributed by atoms with E-state index in [1.165, 1.54) is 38.5 Å². The van der Waals surface area contributed by atoms with Gasteiger partial charge in [-0.15, -0.1) is 0 Å². The van der Waals surface area contributed by atoms with Gasteiger partial charge >= 0.3 is 0 Å². The molecule has 8 heteroatoms. The van der Waals surface area contributed by atoms with Gasteiger partial charge in [0.2, 0.25) is 0 Å². The molecule has 0 saturated heterocycles. The van der Waals surface area contributed by atoms with Crippen LogP contribution in [0.1, 0.15) is 20.7 Å². The number of methoxy groups -OCH3 is 2. The number of hydrogen-bond acceptors (Lipinski definition) is 5. The van der Waals surface area contributed by atoms with Crippen LogP contribution in [0, 0.1) is 0 Å². The topological polar surface area (TPSA) is 77.5 Å². The van der Waals surface area contributed by atoms with Crippen LogP contribution >= 0.6 is 23.2 Å². The van der Waals surface area contributed by atoms with Crippen molar-refractivity contribution in [3.8, 4) is 11.5 Å². The predicted molar refractivity (Wildman–Crippen MR) is 85.6 cm³/mol. The Morgan fingerprint density at radius 2 is 1.30 bits per heavy atom. The highest BCUT2D eigenvalue weighted by molar-refractivity contribution is 6.33.